The minimum Gasteiger partial charge on any atom is -0.493 e. The fourth-order valence-electron chi connectivity index (χ4n) is 3.76. The van der Waals surface area contributed by atoms with Crippen LogP contribution >= 0.6 is 0 Å². The molecule has 1 atom stereocenters. The molecule has 170 valence electrons. The van der Waals surface area contributed by atoms with Gasteiger partial charge in [-0.3, -0.25) is 0 Å². The highest BCUT2D eigenvalue weighted by molar-refractivity contribution is 5.66. The van der Waals surface area contributed by atoms with Crippen LogP contribution in [0.3, 0.4) is 0 Å². The quantitative estimate of drug-likeness (QED) is 0.581. The van der Waals surface area contributed by atoms with Crippen molar-refractivity contribution in [2.45, 2.75) is 32.7 Å². The van der Waals surface area contributed by atoms with Crippen LogP contribution in [0.4, 0.5) is 23.5 Å². The van der Waals surface area contributed by atoms with E-state index in [1.54, 1.807) is 33.5 Å². The third-order valence-corrected chi connectivity index (χ3v) is 5.42. The molecule has 2 aromatic rings. The summed E-state index contributed by atoms with van der Waals surface area (Å²) in [7, 11) is 4.71. The van der Waals surface area contributed by atoms with Crippen molar-refractivity contribution < 1.29 is 19.3 Å². The Morgan fingerprint density at radius 2 is 1.74 bits per heavy atom. The van der Waals surface area contributed by atoms with Gasteiger partial charge in [-0.25, -0.2) is 0 Å². The van der Waals surface area contributed by atoms with Crippen LogP contribution in [-0.2, 0) is 0 Å². The molecule has 1 aromatic heterocycles. The molecule has 0 bridgehead atoms. The second kappa shape index (κ2) is 10.3. The molecule has 10 nitrogen and oxygen atoms in total. The average Bonchev–Trinajstić information content (AvgIpc) is 3.28. The van der Waals surface area contributed by atoms with Gasteiger partial charge in [0.15, 0.2) is 11.5 Å². The van der Waals surface area contributed by atoms with E-state index in [4.69, 9.17) is 19.2 Å². The molecule has 1 fully saturated rings. The summed E-state index contributed by atoms with van der Waals surface area (Å²) >= 11 is 0. The van der Waals surface area contributed by atoms with Gasteiger partial charge in [-0.15, -0.1) is 0 Å². The zero-order valence-electron chi connectivity index (χ0n) is 18.9. The lowest BCUT2D eigenvalue weighted by Gasteiger charge is -2.26. The molecule has 31 heavy (non-hydrogen) atoms. The second-order valence-corrected chi connectivity index (χ2v) is 7.14. The summed E-state index contributed by atoms with van der Waals surface area (Å²) in [6.07, 6.45) is 1.91. The number of rotatable bonds is 10. The number of nitrogens with zero attached hydrogens (tertiary/aromatic N) is 5. The predicted octanol–water partition coefficient (Wildman–Crippen LogP) is 2.45. The monoisotopic (exact) mass is 432 g/mol. The van der Waals surface area contributed by atoms with Gasteiger partial charge in [0.25, 0.3) is 0 Å². The fourth-order valence-corrected chi connectivity index (χ4v) is 3.76. The van der Waals surface area contributed by atoms with Gasteiger partial charge in [-0.05, 0) is 26.7 Å². The van der Waals surface area contributed by atoms with Crippen molar-refractivity contribution in [1.29, 1.82) is 0 Å². The lowest BCUT2D eigenvalue weighted by Crippen LogP contribution is -2.34. The molecular weight excluding hydrogens is 400 g/mol. The van der Waals surface area contributed by atoms with Crippen LogP contribution in [0.1, 0.15) is 26.7 Å². The van der Waals surface area contributed by atoms with Crippen LogP contribution in [0, 0.1) is 0 Å². The molecule has 2 heterocycles. The Bertz CT molecular complexity index is 852. The maximum Gasteiger partial charge on any atom is 0.233 e. The van der Waals surface area contributed by atoms with Crippen molar-refractivity contribution >= 4 is 23.5 Å². The molecule has 1 aliphatic rings. The highest BCUT2D eigenvalue weighted by Gasteiger charge is 2.27. The predicted molar refractivity (Wildman–Crippen MR) is 120 cm³/mol. The molecule has 1 saturated heterocycles. The van der Waals surface area contributed by atoms with Crippen LogP contribution in [0.25, 0.3) is 0 Å². The van der Waals surface area contributed by atoms with Gasteiger partial charge < -0.3 is 34.4 Å². The minimum atomic E-state index is 0.0148. The lowest BCUT2D eigenvalue weighted by atomic mass is 10.2. The van der Waals surface area contributed by atoms with Gasteiger partial charge in [-0.1, -0.05) is 0 Å². The van der Waals surface area contributed by atoms with Crippen molar-refractivity contribution in [3.8, 4) is 17.2 Å². The molecule has 0 spiro atoms. The summed E-state index contributed by atoms with van der Waals surface area (Å²) in [5, 5.41) is 13.0. The normalized spacial score (nSPS) is 15.7. The lowest BCUT2D eigenvalue weighted by molar-refractivity contribution is 0.265. The smallest absolute Gasteiger partial charge is 0.233 e. The molecule has 1 unspecified atom stereocenters. The first-order chi connectivity index (χ1) is 15.1. The molecular formula is C21H32N6O4. The maximum atomic E-state index is 9.76. The van der Waals surface area contributed by atoms with Crippen LogP contribution < -0.4 is 29.3 Å². The number of nitrogens with one attached hydrogen (secondary N) is 1. The van der Waals surface area contributed by atoms with Crippen molar-refractivity contribution in [3.05, 3.63) is 12.1 Å². The summed E-state index contributed by atoms with van der Waals surface area (Å²) in [4.78, 5) is 18.1. The summed E-state index contributed by atoms with van der Waals surface area (Å²) in [6, 6.07) is 3.61. The number of benzene rings is 1. The zero-order valence-corrected chi connectivity index (χ0v) is 18.9. The molecule has 0 saturated carbocycles. The van der Waals surface area contributed by atoms with Gasteiger partial charge in [-0.2, -0.15) is 15.0 Å². The molecule has 0 amide bonds. The van der Waals surface area contributed by atoms with Crippen molar-refractivity contribution in [1.82, 2.24) is 15.0 Å². The van der Waals surface area contributed by atoms with Crippen LogP contribution in [0.5, 0.6) is 17.2 Å². The largest absolute Gasteiger partial charge is 0.493 e. The molecule has 3 rings (SSSR count). The molecule has 1 aromatic carbocycles. The van der Waals surface area contributed by atoms with Crippen LogP contribution in [0.15, 0.2) is 12.1 Å². The maximum absolute atomic E-state index is 9.76. The van der Waals surface area contributed by atoms with E-state index < -0.39 is 0 Å². The Kier molecular flexibility index (Phi) is 7.56. The Morgan fingerprint density at radius 3 is 2.29 bits per heavy atom. The van der Waals surface area contributed by atoms with Gasteiger partial charge in [0, 0.05) is 37.5 Å². The second-order valence-electron chi connectivity index (χ2n) is 7.14. The van der Waals surface area contributed by atoms with E-state index in [0.29, 0.717) is 40.8 Å². The number of ether oxygens (including phenoxy) is 3. The van der Waals surface area contributed by atoms with Crippen molar-refractivity contribution in [2.75, 3.05) is 62.7 Å². The average molecular weight is 433 g/mol. The molecule has 2 N–H and O–H groups in total. The van der Waals surface area contributed by atoms with Crippen molar-refractivity contribution in [3.63, 3.8) is 0 Å². The Morgan fingerprint density at radius 1 is 1.06 bits per heavy atom. The van der Waals surface area contributed by atoms with Gasteiger partial charge in [0.2, 0.25) is 23.6 Å². The van der Waals surface area contributed by atoms with E-state index >= 15 is 0 Å². The standard InChI is InChI=1S/C21H32N6O4/c1-6-26(7-2)20-23-19(24-21(25-20)27-10-8-9-15(27)13-28)22-14-11-16(29-3)18(31-5)17(12-14)30-4/h11-12,15,28H,6-10,13H2,1-5H3,(H,22,23,24,25). The van der Waals surface area contributed by atoms with E-state index in [1.165, 1.54) is 0 Å². The Hall–Kier alpha value is -3.01. The fraction of sp³-hybridized carbons (Fsp3) is 0.571. The number of hydrogen-bond donors (Lipinski definition) is 2. The Balaban J connectivity index is 2.02. The SMILES string of the molecule is CCN(CC)c1nc(Nc2cc(OC)c(OC)c(OC)c2)nc(N2CCCC2CO)n1. The van der Waals surface area contributed by atoms with E-state index in [2.05, 4.69) is 38.9 Å². The first-order valence-electron chi connectivity index (χ1n) is 10.5. The number of aliphatic hydroxyl groups excluding tert-OH is 1. The summed E-state index contributed by atoms with van der Waals surface area (Å²) in [5.41, 5.74) is 0.692. The van der Waals surface area contributed by atoms with Crippen LogP contribution in [0.2, 0.25) is 0 Å². The molecule has 1 aliphatic heterocycles. The molecule has 0 aliphatic carbocycles. The number of methoxy groups -OCH3 is 3. The molecule has 10 heteroatoms. The van der Waals surface area contributed by atoms with E-state index in [9.17, 15) is 5.11 Å². The highest BCUT2D eigenvalue weighted by Crippen LogP contribution is 2.40. The van der Waals surface area contributed by atoms with Crippen molar-refractivity contribution in [2.24, 2.45) is 0 Å². The summed E-state index contributed by atoms with van der Waals surface area (Å²) in [6.45, 7) is 6.54. The first-order valence-corrected chi connectivity index (χ1v) is 10.5. The van der Waals surface area contributed by atoms with Crippen LogP contribution in [-0.4, -0.2) is 73.7 Å². The minimum absolute atomic E-state index is 0.0148. The third kappa shape index (κ3) is 4.84. The number of anilines is 4. The highest BCUT2D eigenvalue weighted by atomic mass is 16.5. The number of hydrogen-bond acceptors (Lipinski definition) is 10. The third-order valence-electron chi connectivity index (χ3n) is 5.42. The van der Waals surface area contributed by atoms with Gasteiger partial charge in [0.1, 0.15) is 0 Å². The first kappa shape index (κ1) is 22.7. The molecule has 0 radical (unpaired) electrons. The van der Waals surface area contributed by atoms with E-state index in [-0.39, 0.29) is 12.6 Å². The Labute approximate surface area is 183 Å². The number of aliphatic hydroxyl groups is 1. The van der Waals surface area contributed by atoms with E-state index in [1.807, 2.05) is 0 Å². The number of aromatic nitrogens is 3. The van der Waals surface area contributed by atoms with Gasteiger partial charge in [0.05, 0.1) is 34.0 Å². The summed E-state index contributed by atoms with van der Waals surface area (Å²) in [5.74, 6) is 3.13. The van der Waals surface area contributed by atoms with Gasteiger partial charge >= 0.3 is 0 Å². The zero-order chi connectivity index (χ0) is 22.4. The summed E-state index contributed by atoms with van der Waals surface area (Å²) < 4.78 is 16.3. The van der Waals surface area contributed by atoms with E-state index in [0.717, 1.165) is 32.5 Å². The topological polar surface area (TPSA) is 105 Å².